The monoisotopic (exact) mass is 747 g/mol. The van der Waals surface area contributed by atoms with Gasteiger partial charge in [0.2, 0.25) is 5.95 Å². The standard InChI is InChI=1S/C56H33N3/c1-2-15-36-31-39(26-25-34(36)13-1)54-47-23-11-12-24-50(47)57-56(58-54)59-51-30-28-35-14-3-5-17-40(35)53(51)49-32-37-16-4-6-18-41(37)52(55(49)59)38-27-29-46-44-21-8-7-19-42(44)43-20-9-10-22-45(43)48(46)33-38/h1-33H. The molecule has 0 bridgehead atoms. The molecule has 0 atom stereocenters. The van der Waals surface area contributed by atoms with Gasteiger partial charge < -0.3 is 0 Å². The van der Waals surface area contributed by atoms with Gasteiger partial charge in [-0.2, -0.15) is 0 Å². The lowest BCUT2D eigenvalue weighted by atomic mass is 9.89. The van der Waals surface area contributed by atoms with Gasteiger partial charge in [-0.25, -0.2) is 9.97 Å². The zero-order chi connectivity index (χ0) is 38.6. The number of aromatic nitrogens is 3. The number of nitrogens with zero attached hydrogens (tertiary/aromatic N) is 3. The molecule has 0 spiro atoms. The molecule has 0 unspecified atom stereocenters. The summed E-state index contributed by atoms with van der Waals surface area (Å²) in [6.07, 6.45) is 0. The van der Waals surface area contributed by atoms with Gasteiger partial charge in [0, 0.05) is 27.3 Å². The van der Waals surface area contributed by atoms with Gasteiger partial charge in [-0.15, -0.1) is 0 Å². The van der Waals surface area contributed by atoms with Crippen molar-refractivity contribution in [2.75, 3.05) is 0 Å². The van der Waals surface area contributed by atoms with Crippen LogP contribution in [0.5, 0.6) is 0 Å². The maximum Gasteiger partial charge on any atom is 0.235 e. The topological polar surface area (TPSA) is 30.7 Å². The third-order valence-corrected chi connectivity index (χ3v) is 12.5. The predicted octanol–water partition coefficient (Wildman–Crippen LogP) is 15.0. The Labute approximate surface area is 339 Å². The summed E-state index contributed by atoms with van der Waals surface area (Å²) in [4.78, 5) is 11.0. The molecule has 0 fully saturated rings. The minimum atomic E-state index is 0.649. The average Bonchev–Trinajstić information content (AvgIpc) is 3.64. The number of benzene rings is 11. The molecule has 2 aromatic heterocycles. The molecular formula is C56H33N3. The molecule has 0 radical (unpaired) electrons. The third-order valence-electron chi connectivity index (χ3n) is 12.5. The second kappa shape index (κ2) is 12.3. The van der Waals surface area contributed by atoms with Gasteiger partial charge in [0.1, 0.15) is 0 Å². The highest BCUT2D eigenvalue weighted by Crippen LogP contribution is 2.46. The lowest BCUT2D eigenvalue weighted by Crippen LogP contribution is -2.04. The summed E-state index contributed by atoms with van der Waals surface area (Å²) in [6.45, 7) is 0. The van der Waals surface area contributed by atoms with Crippen molar-refractivity contribution in [2.24, 2.45) is 0 Å². The van der Waals surface area contributed by atoms with Crippen LogP contribution in [0, 0.1) is 0 Å². The summed E-state index contributed by atoms with van der Waals surface area (Å²) in [7, 11) is 0. The molecule has 0 saturated heterocycles. The van der Waals surface area contributed by atoms with Crippen LogP contribution in [0.3, 0.4) is 0 Å². The minimum Gasteiger partial charge on any atom is -0.277 e. The van der Waals surface area contributed by atoms with Crippen molar-refractivity contribution in [1.82, 2.24) is 14.5 Å². The van der Waals surface area contributed by atoms with Gasteiger partial charge in [-0.3, -0.25) is 4.57 Å². The Balaban J connectivity index is 1.21. The first kappa shape index (κ1) is 32.2. The fourth-order valence-corrected chi connectivity index (χ4v) is 9.89. The zero-order valence-corrected chi connectivity index (χ0v) is 31.9. The van der Waals surface area contributed by atoms with Gasteiger partial charge in [-0.05, 0) is 101 Å². The van der Waals surface area contributed by atoms with Crippen molar-refractivity contribution < 1.29 is 0 Å². The molecule has 0 amide bonds. The first-order valence-corrected chi connectivity index (χ1v) is 20.2. The normalized spacial score (nSPS) is 12.1. The van der Waals surface area contributed by atoms with Crippen molar-refractivity contribution in [3.05, 3.63) is 200 Å². The van der Waals surface area contributed by atoms with Crippen molar-refractivity contribution in [1.29, 1.82) is 0 Å². The van der Waals surface area contributed by atoms with Crippen LogP contribution in [-0.2, 0) is 0 Å². The smallest absolute Gasteiger partial charge is 0.235 e. The molecule has 59 heavy (non-hydrogen) atoms. The predicted molar refractivity (Wildman–Crippen MR) is 250 cm³/mol. The second-order valence-electron chi connectivity index (χ2n) is 15.7. The molecule has 0 aliphatic rings. The minimum absolute atomic E-state index is 0.649. The van der Waals surface area contributed by atoms with E-state index >= 15 is 0 Å². The summed E-state index contributed by atoms with van der Waals surface area (Å²) in [5.74, 6) is 0.649. The van der Waals surface area contributed by atoms with E-state index in [1.807, 2.05) is 0 Å². The average molecular weight is 748 g/mol. The Morgan fingerprint density at radius 3 is 1.64 bits per heavy atom. The molecule has 3 heteroatoms. The summed E-state index contributed by atoms with van der Waals surface area (Å²) in [5, 5.41) is 18.1. The highest BCUT2D eigenvalue weighted by molar-refractivity contribution is 6.29. The molecule has 3 nitrogen and oxygen atoms in total. The van der Waals surface area contributed by atoms with E-state index in [0.29, 0.717) is 5.95 Å². The molecular weight excluding hydrogens is 715 g/mol. The van der Waals surface area contributed by atoms with Gasteiger partial charge in [-0.1, -0.05) is 170 Å². The largest absolute Gasteiger partial charge is 0.277 e. The Hall–Kier alpha value is -7.88. The number of hydrogen-bond acceptors (Lipinski definition) is 2. The van der Waals surface area contributed by atoms with Crippen LogP contribution in [0.4, 0.5) is 0 Å². The SMILES string of the molecule is c1ccc2cc(-c3nc(-n4c5ccc6ccccc6c5c5cc6ccccc6c(-c6ccc7c8ccccc8c8ccccc8c7c6)c54)nc4ccccc34)ccc2c1. The Morgan fingerprint density at radius 2 is 0.881 bits per heavy atom. The molecule has 13 rings (SSSR count). The van der Waals surface area contributed by atoms with Crippen molar-refractivity contribution in [2.45, 2.75) is 0 Å². The first-order chi connectivity index (χ1) is 29.3. The van der Waals surface area contributed by atoms with Crippen LogP contribution in [0.2, 0.25) is 0 Å². The van der Waals surface area contributed by atoms with Gasteiger partial charge >= 0.3 is 0 Å². The molecule has 0 saturated carbocycles. The summed E-state index contributed by atoms with van der Waals surface area (Å²) < 4.78 is 2.35. The van der Waals surface area contributed by atoms with Gasteiger partial charge in [0.15, 0.2) is 0 Å². The first-order valence-electron chi connectivity index (χ1n) is 20.2. The summed E-state index contributed by atoms with van der Waals surface area (Å²) in [5.41, 5.74) is 7.38. The van der Waals surface area contributed by atoms with E-state index in [4.69, 9.17) is 9.97 Å². The lowest BCUT2D eigenvalue weighted by Gasteiger charge is -2.16. The van der Waals surface area contributed by atoms with E-state index < -0.39 is 0 Å². The van der Waals surface area contributed by atoms with E-state index in [1.165, 1.54) is 81.0 Å². The maximum absolute atomic E-state index is 5.59. The molecule has 0 aliphatic heterocycles. The molecule has 0 aliphatic carbocycles. The Morgan fingerprint density at radius 1 is 0.322 bits per heavy atom. The van der Waals surface area contributed by atoms with Crippen molar-refractivity contribution >= 4 is 97.3 Å². The summed E-state index contributed by atoms with van der Waals surface area (Å²) in [6, 6.07) is 72.8. The summed E-state index contributed by atoms with van der Waals surface area (Å²) >= 11 is 0. The third kappa shape index (κ3) is 4.70. The van der Waals surface area contributed by atoms with E-state index in [1.54, 1.807) is 0 Å². The molecule has 272 valence electrons. The van der Waals surface area contributed by atoms with Crippen LogP contribution < -0.4 is 0 Å². The second-order valence-corrected chi connectivity index (χ2v) is 15.7. The number of para-hydroxylation sites is 1. The van der Waals surface area contributed by atoms with E-state index in [9.17, 15) is 0 Å². The van der Waals surface area contributed by atoms with Crippen LogP contribution in [0.15, 0.2) is 200 Å². The van der Waals surface area contributed by atoms with E-state index in [-0.39, 0.29) is 0 Å². The van der Waals surface area contributed by atoms with Crippen molar-refractivity contribution in [3.8, 4) is 28.3 Å². The molecule has 2 heterocycles. The molecule has 13 aromatic rings. The number of rotatable bonds is 3. The van der Waals surface area contributed by atoms with Crippen LogP contribution in [-0.4, -0.2) is 14.5 Å². The zero-order valence-electron chi connectivity index (χ0n) is 31.9. The Kier molecular flexibility index (Phi) is 6.72. The quantitative estimate of drug-likeness (QED) is 0.169. The van der Waals surface area contributed by atoms with Crippen LogP contribution in [0.1, 0.15) is 0 Å². The van der Waals surface area contributed by atoms with E-state index in [2.05, 4.69) is 205 Å². The van der Waals surface area contributed by atoms with Crippen LogP contribution in [0.25, 0.3) is 126 Å². The number of hydrogen-bond donors (Lipinski definition) is 0. The van der Waals surface area contributed by atoms with Crippen molar-refractivity contribution in [3.63, 3.8) is 0 Å². The highest BCUT2D eigenvalue weighted by Gasteiger charge is 2.24. The Bertz CT molecular complexity index is 3880. The van der Waals surface area contributed by atoms with Gasteiger partial charge in [0.05, 0.1) is 22.2 Å². The number of fused-ring (bicyclic) bond motifs is 14. The fraction of sp³-hybridized carbons (Fsp3) is 0. The lowest BCUT2D eigenvalue weighted by molar-refractivity contribution is 1.02. The fourth-order valence-electron chi connectivity index (χ4n) is 9.89. The van der Waals surface area contributed by atoms with E-state index in [0.717, 1.165) is 38.8 Å². The van der Waals surface area contributed by atoms with Crippen LogP contribution >= 0.6 is 0 Å². The maximum atomic E-state index is 5.59. The molecule has 11 aromatic carbocycles. The molecule has 0 N–H and O–H groups in total. The van der Waals surface area contributed by atoms with Gasteiger partial charge in [0.25, 0.3) is 0 Å². The highest BCUT2D eigenvalue weighted by atomic mass is 15.2.